The second-order valence-corrected chi connectivity index (χ2v) is 5.37. The molecule has 1 fully saturated rings. The molecule has 1 heterocycles. The third-order valence-corrected chi connectivity index (χ3v) is 3.64. The molecule has 6 heteroatoms. The molecule has 6 nitrogen and oxygen atoms in total. The van der Waals surface area contributed by atoms with Gasteiger partial charge in [-0.3, -0.25) is 4.79 Å². The summed E-state index contributed by atoms with van der Waals surface area (Å²) in [5.41, 5.74) is 0.460. The predicted octanol–water partition coefficient (Wildman–Crippen LogP) is 1.96. The topological polar surface area (TPSA) is 57.2 Å². The summed E-state index contributed by atoms with van der Waals surface area (Å²) in [6.07, 6.45) is 0.0256. The van der Waals surface area contributed by atoms with Crippen LogP contribution in [-0.2, 0) is 4.74 Å². The van der Waals surface area contributed by atoms with Gasteiger partial charge in [0.15, 0.2) is 11.5 Å². The molecule has 0 N–H and O–H groups in total. The Bertz CT molecular complexity index is 536. The van der Waals surface area contributed by atoms with Gasteiger partial charge in [-0.25, -0.2) is 0 Å². The second-order valence-electron chi connectivity index (χ2n) is 5.37. The first-order chi connectivity index (χ1) is 10.5. The van der Waals surface area contributed by atoms with Crippen molar-refractivity contribution in [1.29, 1.82) is 0 Å². The fourth-order valence-corrected chi connectivity index (χ4v) is 2.71. The van der Waals surface area contributed by atoms with Crippen molar-refractivity contribution in [3.63, 3.8) is 0 Å². The first-order valence-corrected chi connectivity index (χ1v) is 7.24. The smallest absolute Gasteiger partial charge is 0.257 e. The van der Waals surface area contributed by atoms with Gasteiger partial charge in [-0.05, 0) is 13.8 Å². The predicted molar refractivity (Wildman–Crippen MR) is 82.0 cm³/mol. The lowest BCUT2D eigenvalue weighted by atomic mass is 10.1. The minimum atomic E-state index is -0.0974. The van der Waals surface area contributed by atoms with E-state index in [0.717, 1.165) is 0 Å². The summed E-state index contributed by atoms with van der Waals surface area (Å²) in [4.78, 5) is 14.6. The van der Waals surface area contributed by atoms with Gasteiger partial charge >= 0.3 is 0 Å². The first-order valence-electron chi connectivity index (χ1n) is 7.24. The number of hydrogen-bond donors (Lipinski definition) is 0. The summed E-state index contributed by atoms with van der Waals surface area (Å²) in [7, 11) is 4.62. The van der Waals surface area contributed by atoms with Crippen LogP contribution in [0.4, 0.5) is 0 Å². The van der Waals surface area contributed by atoms with Crippen LogP contribution in [0.2, 0.25) is 0 Å². The molecule has 2 atom stereocenters. The van der Waals surface area contributed by atoms with E-state index in [-0.39, 0.29) is 18.1 Å². The van der Waals surface area contributed by atoms with Crippen LogP contribution < -0.4 is 14.2 Å². The zero-order valence-electron chi connectivity index (χ0n) is 13.7. The largest absolute Gasteiger partial charge is 0.496 e. The van der Waals surface area contributed by atoms with E-state index >= 15 is 0 Å². The van der Waals surface area contributed by atoms with Crippen molar-refractivity contribution < 1.29 is 23.7 Å². The summed E-state index contributed by atoms with van der Waals surface area (Å²) in [6.45, 7) is 5.03. The summed E-state index contributed by atoms with van der Waals surface area (Å²) in [6, 6.07) is 3.32. The number of morpholine rings is 1. The van der Waals surface area contributed by atoms with E-state index < -0.39 is 0 Å². The van der Waals surface area contributed by atoms with E-state index in [1.807, 2.05) is 13.8 Å². The minimum absolute atomic E-state index is 0.0128. The van der Waals surface area contributed by atoms with E-state index in [9.17, 15) is 4.79 Å². The summed E-state index contributed by atoms with van der Waals surface area (Å²) < 4.78 is 21.5. The Balaban J connectivity index is 2.35. The molecule has 0 aromatic heterocycles. The fraction of sp³-hybridized carbons (Fsp3) is 0.562. The molecule has 0 radical (unpaired) electrons. The monoisotopic (exact) mass is 309 g/mol. The van der Waals surface area contributed by atoms with Crippen LogP contribution in [0.3, 0.4) is 0 Å². The molecular weight excluding hydrogens is 286 g/mol. The Kier molecular flexibility index (Phi) is 5.13. The summed E-state index contributed by atoms with van der Waals surface area (Å²) >= 11 is 0. The highest BCUT2D eigenvalue weighted by atomic mass is 16.5. The van der Waals surface area contributed by atoms with Gasteiger partial charge in [0.2, 0.25) is 0 Å². The first kappa shape index (κ1) is 16.4. The maximum atomic E-state index is 12.8. The third-order valence-electron chi connectivity index (χ3n) is 3.64. The number of amides is 1. The number of benzene rings is 1. The van der Waals surface area contributed by atoms with Crippen LogP contribution in [0.5, 0.6) is 17.2 Å². The van der Waals surface area contributed by atoms with Crippen molar-refractivity contribution in [3.05, 3.63) is 17.7 Å². The highest BCUT2D eigenvalue weighted by molar-refractivity contribution is 5.98. The highest BCUT2D eigenvalue weighted by Crippen LogP contribution is 2.35. The van der Waals surface area contributed by atoms with E-state index in [0.29, 0.717) is 35.9 Å². The van der Waals surface area contributed by atoms with Crippen LogP contribution >= 0.6 is 0 Å². The zero-order chi connectivity index (χ0) is 16.3. The fourth-order valence-electron chi connectivity index (χ4n) is 2.71. The van der Waals surface area contributed by atoms with Crippen molar-refractivity contribution in [2.45, 2.75) is 26.1 Å². The Morgan fingerprint density at radius 3 is 2.00 bits per heavy atom. The van der Waals surface area contributed by atoms with Crippen LogP contribution in [0.1, 0.15) is 24.2 Å². The molecule has 0 unspecified atom stereocenters. The SMILES string of the molecule is COc1cc(OC)c(C(=O)N2C[C@@H](C)O[C@H](C)C2)cc1OC. The minimum Gasteiger partial charge on any atom is -0.496 e. The average molecular weight is 309 g/mol. The maximum absolute atomic E-state index is 12.8. The van der Waals surface area contributed by atoms with Crippen molar-refractivity contribution in [2.24, 2.45) is 0 Å². The molecule has 2 rings (SSSR count). The molecule has 0 saturated carbocycles. The van der Waals surface area contributed by atoms with Crippen molar-refractivity contribution >= 4 is 5.91 Å². The molecular formula is C16H23NO5. The van der Waals surface area contributed by atoms with E-state index in [4.69, 9.17) is 18.9 Å². The zero-order valence-corrected chi connectivity index (χ0v) is 13.7. The quantitative estimate of drug-likeness (QED) is 0.851. The molecule has 1 saturated heterocycles. The highest BCUT2D eigenvalue weighted by Gasteiger charge is 2.29. The van der Waals surface area contributed by atoms with E-state index in [1.165, 1.54) is 14.2 Å². The molecule has 0 spiro atoms. The lowest BCUT2D eigenvalue weighted by molar-refractivity contribution is -0.0586. The number of carbonyl (C=O) groups excluding carboxylic acids is 1. The normalized spacial score (nSPS) is 21.4. The molecule has 1 aromatic rings. The standard InChI is InChI=1S/C16H23NO5/c1-10-8-17(9-11(2)22-10)16(18)12-6-14(20-4)15(21-5)7-13(12)19-3/h6-7,10-11H,8-9H2,1-5H3/t10-,11-/m1/s1. The average Bonchev–Trinajstić information content (AvgIpc) is 2.51. The van der Waals surface area contributed by atoms with Crippen LogP contribution in [-0.4, -0.2) is 57.4 Å². The number of hydrogen-bond acceptors (Lipinski definition) is 5. The molecule has 0 aliphatic carbocycles. The summed E-state index contributed by atoms with van der Waals surface area (Å²) in [5, 5.41) is 0. The molecule has 1 aromatic carbocycles. The van der Waals surface area contributed by atoms with Gasteiger partial charge in [-0.1, -0.05) is 0 Å². The molecule has 0 bridgehead atoms. The second kappa shape index (κ2) is 6.87. The number of ether oxygens (including phenoxy) is 4. The number of nitrogens with zero attached hydrogens (tertiary/aromatic N) is 1. The van der Waals surface area contributed by atoms with Gasteiger partial charge in [0.1, 0.15) is 5.75 Å². The molecule has 1 aliphatic heterocycles. The van der Waals surface area contributed by atoms with E-state index in [1.54, 1.807) is 24.1 Å². The van der Waals surface area contributed by atoms with Gasteiger partial charge in [0.05, 0.1) is 39.1 Å². The Morgan fingerprint density at radius 2 is 1.50 bits per heavy atom. The third kappa shape index (κ3) is 3.27. The van der Waals surface area contributed by atoms with Crippen molar-refractivity contribution in [1.82, 2.24) is 4.90 Å². The maximum Gasteiger partial charge on any atom is 0.257 e. The molecule has 1 aliphatic rings. The summed E-state index contributed by atoms with van der Waals surface area (Å²) in [5.74, 6) is 1.40. The molecule has 22 heavy (non-hydrogen) atoms. The Morgan fingerprint density at radius 1 is 1.00 bits per heavy atom. The Hall–Kier alpha value is -1.95. The lowest BCUT2D eigenvalue weighted by Crippen LogP contribution is -2.48. The molecule has 1 amide bonds. The van der Waals surface area contributed by atoms with Gasteiger partial charge in [-0.15, -0.1) is 0 Å². The van der Waals surface area contributed by atoms with Gasteiger partial charge in [0, 0.05) is 25.2 Å². The number of carbonyl (C=O) groups is 1. The van der Waals surface area contributed by atoms with Gasteiger partial charge in [0.25, 0.3) is 5.91 Å². The number of methoxy groups -OCH3 is 3. The van der Waals surface area contributed by atoms with Crippen molar-refractivity contribution in [2.75, 3.05) is 34.4 Å². The van der Waals surface area contributed by atoms with Crippen LogP contribution in [0, 0.1) is 0 Å². The van der Waals surface area contributed by atoms with Crippen LogP contribution in [0.25, 0.3) is 0 Å². The lowest BCUT2D eigenvalue weighted by Gasteiger charge is -2.35. The Labute approximate surface area is 130 Å². The van der Waals surface area contributed by atoms with Crippen LogP contribution in [0.15, 0.2) is 12.1 Å². The van der Waals surface area contributed by atoms with Gasteiger partial charge < -0.3 is 23.8 Å². The number of rotatable bonds is 4. The van der Waals surface area contributed by atoms with Gasteiger partial charge in [-0.2, -0.15) is 0 Å². The van der Waals surface area contributed by atoms with E-state index in [2.05, 4.69) is 0 Å². The van der Waals surface area contributed by atoms with Crippen molar-refractivity contribution in [3.8, 4) is 17.2 Å². The molecule has 122 valence electrons.